The molecule has 2 aromatic heterocycles. The van der Waals surface area contributed by atoms with Gasteiger partial charge in [-0.15, -0.1) is 0 Å². The Balaban J connectivity index is 1.09. The highest BCUT2D eigenvalue weighted by Gasteiger charge is 2.66. The molecule has 0 aliphatic heterocycles. The Hall–Kier alpha value is -5.93. The highest BCUT2D eigenvalue weighted by atomic mass is 16.3. The number of rotatable bonds is 3. The molecule has 2 heterocycles. The molecule has 5 aliphatic carbocycles. The van der Waals surface area contributed by atoms with Crippen molar-refractivity contribution in [2.24, 2.45) is 23.7 Å². The lowest BCUT2D eigenvalue weighted by atomic mass is 9.59. The Labute approximate surface area is 307 Å². The van der Waals surface area contributed by atoms with Crippen molar-refractivity contribution in [3.05, 3.63) is 157 Å². The van der Waals surface area contributed by atoms with E-state index in [9.17, 15) is 0 Å². The summed E-state index contributed by atoms with van der Waals surface area (Å²) in [6.45, 7) is 0. The summed E-state index contributed by atoms with van der Waals surface area (Å²) >= 11 is 0. The molecule has 3 heteroatoms. The molecule has 14 rings (SSSR count). The monoisotopic (exact) mass is 680 g/mol. The lowest BCUT2D eigenvalue weighted by Crippen LogP contribution is -2.40. The third kappa shape index (κ3) is 3.58. The second-order valence-corrected chi connectivity index (χ2v) is 16.3. The van der Waals surface area contributed by atoms with E-state index in [1.807, 2.05) is 0 Å². The van der Waals surface area contributed by atoms with Crippen LogP contribution in [0.15, 0.2) is 150 Å². The highest BCUT2D eigenvalue weighted by molar-refractivity contribution is 6.20. The minimum Gasteiger partial charge on any atom is -0.456 e. The van der Waals surface area contributed by atoms with Crippen LogP contribution in [0.2, 0.25) is 0 Å². The SMILES string of the molecule is c1ccc(-c2nc3cccc(-c4ccc5c(c4)-c4ccc6c(oc7ccc8ccccc8c76)c4C54C5CC6CC(C5)C4C6)c3n2-c2ccccc2)cc1. The largest absolute Gasteiger partial charge is 0.456 e. The van der Waals surface area contributed by atoms with Crippen LogP contribution < -0.4 is 0 Å². The standard InChI is InChI=1S/C50H36N2O/c1-3-11-31(12-4-1)49-51-43-17-9-16-37(47(43)52(49)35-13-5-2-6-14-35)32-18-22-41-40(28-32)38-20-21-39-45-36-15-8-7-10-30(36)19-23-44(45)53-48(39)46(38)50(41)34-25-29-24-33(27-34)42(50)26-29/h1-23,28-29,33-34,42H,24-27H2. The number of aromatic nitrogens is 2. The number of nitrogens with zero attached hydrogens (tertiary/aromatic N) is 2. The van der Waals surface area contributed by atoms with Crippen LogP contribution in [0.5, 0.6) is 0 Å². The van der Waals surface area contributed by atoms with Crippen molar-refractivity contribution in [1.82, 2.24) is 9.55 Å². The van der Waals surface area contributed by atoms with E-state index in [1.165, 1.54) is 75.0 Å². The lowest BCUT2D eigenvalue weighted by molar-refractivity contribution is 0.191. The summed E-state index contributed by atoms with van der Waals surface area (Å²) in [6.07, 6.45) is 5.44. The topological polar surface area (TPSA) is 31.0 Å². The molecule has 4 saturated carbocycles. The minimum absolute atomic E-state index is 0.00233. The molecule has 0 saturated heterocycles. The van der Waals surface area contributed by atoms with Crippen LogP contribution in [0.25, 0.3) is 83.1 Å². The first-order chi connectivity index (χ1) is 26.3. The van der Waals surface area contributed by atoms with Gasteiger partial charge in [-0.25, -0.2) is 4.98 Å². The van der Waals surface area contributed by atoms with Gasteiger partial charge in [0, 0.05) is 38.6 Å². The van der Waals surface area contributed by atoms with Crippen molar-refractivity contribution < 1.29 is 4.42 Å². The summed E-state index contributed by atoms with van der Waals surface area (Å²) in [5, 5.41) is 5.08. The second kappa shape index (κ2) is 10.1. The Bertz CT molecular complexity index is 2990. The second-order valence-electron chi connectivity index (χ2n) is 16.3. The van der Waals surface area contributed by atoms with Crippen molar-refractivity contribution in [3.63, 3.8) is 0 Å². The number of hydrogen-bond donors (Lipinski definition) is 0. The zero-order chi connectivity index (χ0) is 34.4. The van der Waals surface area contributed by atoms with E-state index < -0.39 is 0 Å². The van der Waals surface area contributed by atoms with Crippen LogP contribution in [-0.4, -0.2) is 9.55 Å². The van der Waals surface area contributed by atoms with Gasteiger partial charge in [0.2, 0.25) is 0 Å². The molecule has 5 unspecified atom stereocenters. The zero-order valence-electron chi connectivity index (χ0n) is 29.3. The van der Waals surface area contributed by atoms with Gasteiger partial charge >= 0.3 is 0 Å². The number of fused-ring (bicyclic) bond motifs is 10. The first kappa shape index (κ1) is 28.6. The molecule has 0 N–H and O–H groups in total. The molecule has 1 spiro atoms. The molecule has 5 aliphatic rings. The molecule has 3 nitrogen and oxygen atoms in total. The quantitative estimate of drug-likeness (QED) is 0.186. The van der Waals surface area contributed by atoms with Gasteiger partial charge in [-0.1, -0.05) is 109 Å². The normalized spacial score (nSPS) is 23.6. The molecular weight excluding hydrogens is 645 g/mol. The Morgan fingerprint density at radius 1 is 0.623 bits per heavy atom. The fourth-order valence-electron chi connectivity index (χ4n) is 12.2. The maximum Gasteiger partial charge on any atom is 0.145 e. The van der Waals surface area contributed by atoms with Crippen LogP contribution in [0.3, 0.4) is 0 Å². The Kier molecular flexibility index (Phi) is 5.48. The molecule has 7 aromatic carbocycles. The summed E-state index contributed by atoms with van der Waals surface area (Å²) in [5.41, 5.74) is 14.7. The van der Waals surface area contributed by atoms with E-state index in [-0.39, 0.29) is 5.41 Å². The van der Waals surface area contributed by atoms with E-state index in [4.69, 9.17) is 9.40 Å². The van der Waals surface area contributed by atoms with Crippen LogP contribution >= 0.6 is 0 Å². The van der Waals surface area contributed by atoms with Crippen molar-refractivity contribution in [1.29, 1.82) is 0 Å². The van der Waals surface area contributed by atoms with E-state index in [1.54, 1.807) is 5.56 Å². The molecular formula is C50H36N2O. The van der Waals surface area contributed by atoms with E-state index in [2.05, 4.69) is 150 Å². The molecule has 9 aromatic rings. The van der Waals surface area contributed by atoms with Crippen molar-refractivity contribution in [2.75, 3.05) is 0 Å². The third-order valence-corrected chi connectivity index (χ3v) is 14.0. The lowest BCUT2D eigenvalue weighted by Gasteiger charge is -2.43. The molecule has 0 amide bonds. The smallest absolute Gasteiger partial charge is 0.145 e. The van der Waals surface area contributed by atoms with Gasteiger partial charge in [-0.05, 0) is 119 Å². The van der Waals surface area contributed by atoms with Gasteiger partial charge in [-0.3, -0.25) is 4.57 Å². The van der Waals surface area contributed by atoms with Gasteiger partial charge in [0.05, 0.1) is 11.0 Å². The molecule has 5 atom stereocenters. The fraction of sp³-hybridized carbons (Fsp3) is 0.180. The Morgan fingerprint density at radius 2 is 1.47 bits per heavy atom. The highest BCUT2D eigenvalue weighted by Crippen LogP contribution is 2.74. The molecule has 0 radical (unpaired) electrons. The van der Waals surface area contributed by atoms with Crippen LogP contribution in [0, 0.1) is 23.7 Å². The van der Waals surface area contributed by atoms with Gasteiger partial charge in [0.25, 0.3) is 0 Å². The summed E-state index contributed by atoms with van der Waals surface area (Å²) in [7, 11) is 0. The number of hydrogen-bond acceptors (Lipinski definition) is 2. The zero-order valence-corrected chi connectivity index (χ0v) is 29.3. The molecule has 252 valence electrons. The average molecular weight is 681 g/mol. The van der Waals surface area contributed by atoms with Crippen molar-refractivity contribution in [2.45, 2.75) is 31.1 Å². The molecule has 4 bridgehead atoms. The van der Waals surface area contributed by atoms with Gasteiger partial charge in [0.15, 0.2) is 0 Å². The molecule has 4 fully saturated rings. The number of benzene rings is 7. The maximum atomic E-state index is 7.11. The van der Waals surface area contributed by atoms with Gasteiger partial charge in [-0.2, -0.15) is 0 Å². The first-order valence-corrected chi connectivity index (χ1v) is 19.4. The van der Waals surface area contributed by atoms with Crippen molar-refractivity contribution in [3.8, 4) is 39.3 Å². The van der Waals surface area contributed by atoms with Crippen molar-refractivity contribution >= 4 is 43.7 Å². The third-order valence-electron chi connectivity index (χ3n) is 14.0. The average Bonchev–Trinajstić information content (AvgIpc) is 3.99. The van der Waals surface area contributed by atoms with E-state index in [0.717, 1.165) is 51.1 Å². The van der Waals surface area contributed by atoms with Crippen LogP contribution in [0.1, 0.15) is 36.8 Å². The predicted molar refractivity (Wildman–Crippen MR) is 215 cm³/mol. The number of imidazole rings is 1. The Morgan fingerprint density at radius 3 is 2.36 bits per heavy atom. The van der Waals surface area contributed by atoms with Crippen LogP contribution in [-0.2, 0) is 5.41 Å². The first-order valence-electron chi connectivity index (χ1n) is 19.4. The van der Waals surface area contributed by atoms with Gasteiger partial charge in [0.1, 0.15) is 17.0 Å². The molecule has 53 heavy (non-hydrogen) atoms. The van der Waals surface area contributed by atoms with E-state index >= 15 is 0 Å². The maximum absolute atomic E-state index is 7.11. The summed E-state index contributed by atoms with van der Waals surface area (Å²) < 4.78 is 9.47. The van der Waals surface area contributed by atoms with Gasteiger partial charge < -0.3 is 4.42 Å². The summed E-state index contributed by atoms with van der Waals surface area (Å²) in [5.74, 6) is 3.98. The predicted octanol–water partition coefficient (Wildman–Crippen LogP) is 12.7. The summed E-state index contributed by atoms with van der Waals surface area (Å²) in [4.78, 5) is 5.29. The summed E-state index contributed by atoms with van der Waals surface area (Å²) in [6, 6.07) is 53.4. The van der Waals surface area contributed by atoms with E-state index in [0.29, 0.717) is 11.8 Å². The van der Waals surface area contributed by atoms with Crippen LogP contribution in [0.4, 0.5) is 0 Å². The fourth-order valence-corrected chi connectivity index (χ4v) is 12.2. The number of furan rings is 1. The number of para-hydroxylation sites is 2. The minimum atomic E-state index is 0.00233.